The van der Waals surface area contributed by atoms with Crippen molar-refractivity contribution >= 4 is 0 Å². The minimum Gasteiger partial charge on any atom is -0.493 e. The van der Waals surface area contributed by atoms with Crippen molar-refractivity contribution in [3.05, 3.63) is 30.2 Å². The highest BCUT2D eigenvalue weighted by Gasteiger charge is 2.22. The molecule has 3 rings (SSSR count). The van der Waals surface area contributed by atoms with Gasteiger partial charge in [0.15, 0.2) is 0 Å². The zero-order valence-corrected chi connectivity index (χ0v) is 11.6. The molecule has 0 spiro atoms. The van der Waals surface area contributed by atoms with E-state index in [-0.39, 0.29) is 6.04 Å². The Bertz CT molecular complexity index is 562. The fraction of sp³-hybridized carbons (Fsp3) is 0.467. The molecule has 5 heteroatoms. The lowest BCUT2D eigenvalue weighted by atomic mass is 10.1. The van der Waals surface area contributed by atoms with Crippen LogP contribution in [-0.4, -0.2) is 23.3 Å². The summed E-state index contributed by atoms with van der Waals surface area (Å²) in [6.07, 6.45) is 3.46. The van der Waals surface area contributed by atoms with Gasteiger partial charge in [-0.05, 0) is 38.4 Å². The van der Waals surface area contributed by atoms with Crippen LogP contribution in [0.3, 0.4) is 0 Å². The third-order valence-electron chi connectivity index (χ3n) is 3.48. The number of hydrogen-bond acceptors (Lipinski definition) is 5. The Kier molecular flexibility index (Phi) is 3.97. The van der Waals surface area contributed by atoms with Gasteiger partial charge in [0.25, 0.3) is 0 Å². The van der Waals surface area contributed by atoms with E-state index in [4.69, 9.17) is 9.26 Å². The average molecular weight is 273 g/mol. The zero-order chi connectivity index (χ0) is 13.8. The fourth-order valence-electron chi connectivity index (χ4n) is 2.48. The average Bonchev–Trinajstić information content (AvgIpc) is 2.99. The van der Waals surface area contributed by atoms with Crippen molar-refractivity contribution < 1.29 is 9.26 Å². The third kappa shape index (κ3) is 2.67. The van der Waals surface area contributed by atoms with Crippen LogP contribution in [0, 0.1) is 0 Å². The molecule has 1 N–H and O–H groups in total. The number of nitrogens with one attached hydrogen (secondary N) is 1. The van der Waals surface area contributed by atoms with Crippen molar-refractivity contribution in [1.29, 1.82) is 0 Å². The van der Waals surface area contributed by atoms with E-state index < -0.39 is 0 Å². The van der Waals surface area contributed by atoms with E-state index in [9.17, 15) is 0 Å². The second-order valence-electron chi connectivity index (χ2n) is 4.89. The third-order valence-corrected chi connectivity index (χ3v) is 3.48. The van der Waals surface area contributed by atoms with Crippen LogP contribution in [0.1, 0.15) is 38.1 Å². The summed E-state index contributed by atoms with van der Waals surface area (Å²) in [5.74, 6) is 2.06. The number of aromatic nitrogens is 2. The lowest BCUT2D eigenvalue weighted by Gasteiger charge is -2.19. The van der Waals surface area contributed by atoms with E-state index in [1.54, 1.807) is 0 Å². The Morgan fingerprint density at radius 3 is 3.05 bits per heavy atom. The quantitative estimate of drug-likeness (QED) is 0.928. The second-order valence-corrected chi connectivity index (χ2v) is 4.89. The summed E-state index contributed by atoms with van der Waals surface area (Å²) in [5.41, 5.74) is 0.875. The van der Waals surface area contributed by atoms with Crippen molar-refractivity contribution in [3.63, 3.8) is 0 Å². The summed E-state index contributed by atoms with van der Waals surface area (Å²) in [6, 6.07) is 7.95. The molecule has 0 amide bonds. The van der Waals surface area contributed by atoms with Gasteiger partial charge >= 0.3 is 0 Å². The topological polar surface area (TPSA) is 60.2 Å². The molecule has 0 saturated carbocycles. The lowest BCUT2D eigenvalue weighted by molar-refractivity contribution is 0.297. The molecule has 1 atom stereocenters. The van der Waals surface area contributed by atoms with E-state index in [1.807, 2.05) is 31.2 Å². The predicted octanol–water partition coefficient (Wildman–Crippen LogP) is 2.95. The van der Waals surface area contributed by atoms with E-state index in [0.717, 1.165) is 24.3 Å². The maximum atomic E-state index is 5.61. The number of rotatable bonds is 4. The van der Waals surface area contributed by atoms with Gasteiger partial charge in [0.05, 0.1) is 18.2 Å². The minimum absolute atomic E-state index is 0.184. The first-order valence-corrected chi connectivity index (χ1v) is 7.17. The maximum Gasteiger partial charge on any atom is 0.244 e. The number of nitrogens with zero attached hydrogens (tertiary/aromatic N) is 2. The summed E-state index contributed by atoms with van der Waals surface area (Å²) in [6.45, 7) is 3.59. The van der Waals surface area contributed by atoms with Crippen molar-refractivity contribution in [2.75, 3.05) is 13.2 Å². The summed E-state index contributed by atoms with van der Waals surface area (Å²) < 4.78 is 11.0. The van der Waals surface area contributed by atoms with Crippen molar-refractivity contribution in [2.24, 2.45) is 0 Å². The molecule has 5 nitrogen and oxygen atoms in total. The van der Waals surface area contributed by atoms with Crippen LogP contribution in [0.2, 0.25) is 0 Å². The van der Waals surface area contributed by atoms with Gasteiger partial charge in [0, 0.05) is 0 Å². The SMILES string of the molecule is CCOc1ccccc1-c1noc([C@@H]2CCCCN2)n1. The normalized spacial score (nSPS) is 18.9. The van der Waals surface area contributed by atoms with Crippen LogP contribution in [0.4, 0.5) is 0 Å². The molecule has 2 aromatic rings. The Labute approximate surface area is 118 Å². The van der Waals surface area contributed by atoms with Crippen molar-refractivity contribution in [1.82, 2.24) is 15.5 Å². The molecule has 1 saturated heterocycles. The molecule has 1 aromatic heterocycles. The molecule has 1 fully saturated rings. The standard InChI is InChI=1S/C15H19N3O2/c1-2-19-13-9-4-3-7-11(13)14-17-15(20-18-14)12-8-5-6-10-16-12/h3-4,7,9,12,16H,2,5-6,8,10H2,1H3/t12-/m0/s1. The molecule has 20 heavy (non-hydrogen) atoms. The summed E-state index contributed by atoms with van der Waals surface area (Å²) in [7, 11) is 0. The Morgan fingerprint density at radius 2 is 2.25 bits per heavy atom. The molecule has 0 bridgehead atoms. The van der Waals surface area contributed by atoms with E-state index in [0.29, 0.717) is 18.3 Å². The Balaban J connectivity index is 1.86. The first kappa shape index (κ1) is 13.1. The van der Waals surface area contributed by atoms with Crippen LogP contribution in [0.5, 0.6) is 5.75 Å². The van der Waals surface area contributed by atoms with Gasteiger partial charge in [-0.15, -0.1) is 0 Å². The molecule has 1 aromatic carbocycles. The molecule has 2 heterocycles. The van der Waals surface area contributed by atoms with Crippen LogP contribution in [0.25, 0.3) is 11.4 Å². The van der Waals surface area contributed by atoms with Gasteiger partial charge < -0.3 is 14.6 Å². The zero-order valence-electron chi connectivity index (χ0n) is 11.6. The molecule has 0 radical (unpaired) electrons. The smallest absolute Gasteiger partial charge is 0.244 e. The predicted molar refractivity (Wildman–Crippen MR) is 75.5 cm³/mol. The number of ether oxygens (including phenoxy) is 1. The maximum absolute atomic E-state index is 5.61. The Hall–Kier alpha value is -1.88. The highest BCUT2D eigenvalue weighted by atomic mass is 16.5. The monoisotopic (exact) mass is 273 g/mol. The van der Waals surface area contributed by atoms with Crippen molar-refractivity contribution in [3.8, 4) is 17.1 Å². The molecule has 0 aliphatic carbocycles. The van der Waals surface area contributed by atoms with Gasteiger partial charge in [-0.3, -0.25) is 0 Å². The van der Waals surface area contributed by atoms with Gasteiger partial charge in [-0.2, -0.15) is 4.98 Å². The summed E-state index contributed by atoms with van der Waals surface area (Å²) >= 11 is 0. The highest BCUT2D eigenvalue weighted by Crippen LogP contribution is 2.29. The fourth-order valence-corrected chi connectivity index (χ4v) is 2.48. The van der Waals surface area contributed by atoms with Crippen LogP contribution in [0.15, 0.2) is 28.8 Å². The minimum atomic E-state index is 0.184. The van der Waals surface area contributed by atoms with Gasteiger partial charge in [-0.1, -0.05) is 23.7 Å². The molecule has 1 aliphatic heterocycles. The van der Waals surface area contributed by atoms with Gasteiger partial charge in [0.2, 0.25) is 11.7 Å². The van der Waals surface area contributed by atoms with Crippen LogP contribution >= 0.6 is 0 Å². The van der Waals surface area contributed by atoms with E-state index in [2.05, 4.69) is 15.5 Å². The summed E-state index contributed by atoms with van der Waals surface area (Å²) in [4.78, 5) is 4.53. The van der Waals surface area contributed by atoms with E-state index >= 15 is 0 Å². The second kappa shape index (κ2) is 6.05. The number of hydrogen-bond donors (Lipinski definition) is 1. The first-order valence-electron chi connectivity index (χ1n) is 7.17. The molecule has 1 aliphatic rings. The highest BCUT2D eigenvalue weighted by molar-refractivity contribution is 5.63. The number of piperidine rings is 1. The Morgan fingerprint density at radius 1 is 1.35 bits per heavy atom. The molecular weight excluding hydrogens is 254 g/mol. The number of benzene rings is 1. The molecular formula is C15H19N3O2. The largest absolute Gasteiger partial charge is 0.493 e. The number of para-hydroxylation sites is 1. The van der Waals surface area contributed by atoms with Gasteiger partial charge in [-0.25, -0.2) is 0 Å². The molecule has 106 valence electrons. The summed E-state index contributed by atoms with van der Waals surface area (Å²) in [5, 5.41) is 7.51. The van der Waals surface area contributed by atoms with Crippen molar-refractivity contribution in [2.45, 2.75) is 32.2 Å². The first-order chi connectivity index (χ1) is 9.88. The van der Waals surface area contributed by atoms with Crippen LogP contribution in [-0.2, 0) is 0 Å². The lowest BCUT2D eigenvalue weighted by Crippen LogP contribution is -2.26. The van der Waals surface area contributed by atoms with Gasteiger partial charge in [0.1, 0.15) is 5.75 Å². The van der Waals surface area contributed by atoms with E-state index in [1.165, 1.54) is 12.8 Å². The molecule has 0 unspecified atom stereocenters. The van der Waals surface area contributed by atoms with Crippen LogP contribution < -0.4 is 10.1 Å².